The van der Waals surface area contributed by atoms with Crippen LogP contribution in [-0.2, 0) is 9.53 Å². The first-order valence-electron chi connectivity index (χ1n) is 19.4. The number of hydrogen-bond donors (Lipinski definition) is 0. The molecule has 1 aromatic rings. The molecule has 7 heteroatoms. The van der Waals surface area contributed by atoms with Gasteiger partial charge in [-0.2, -0.15) is 10.5 Å². The minimum atomic E-state index is 0.0545. The number of aliphatic imine (C=N–C) groups is 2. The van der Waals surface area contributed by atoms with Crippen LogP contribution in [0.4, 0.5) is 11.4 Å². The maximum atomic E-state index is 13.5. The summed E-state index contributed by atoms with van der Waals surface area (Å²) in [5, 5.41) is 2.47. The van der Waals surface area contributed by atoms with E-state index in [4.69, 9.17) is 14.7 Å². The maximum absolute atomic E-state index is 13.5. The van der Waals surface area contributed by atoms with Crippen LogP contribution in [0.1, 0.15) is 129 Å². The Morgan fingerprint density at radius 1 is 0.830 bits per heavy atom. The van der Waals surface area contributed by atoms with Crippen LogP contribution in [0.2, 0.25) is 0 Å². The molecule has 4 rings (SSSR count). The third-order valence-electron chi connectivity index (χ3n) is 10.6. The Bertz CT molecular complexity index is 1170. The van der Waals surface area contributed by atoms with Crippen LogP contribution in [0.15, 0.2) is 34.3 Å². The molecule has 47 heavy (non-hydrogen) atoms. The van der Waals surface area contributed by atoms with E-state index in [-0.39, 0.29) is 28.3 Å². The molecule has 0 N–H and O–H groups in total. The zero-order chi connectivity index (χ0) is 33.3. The minimum Gasteiger partial charge on any atom is -0.415 e. The summed E-state index contributed by atoms with van der Waals surface area (Å²) in [4.78, 5) is 26.3. The number of esters is 1. The van der Waals surface area contributed by atoms with Crippen molar-refractivity contribution in [3.05, 3.63) is 24.3 Å². The van der Waals surface area contributed by atoms with Gasteiger partial charge < -0.3 is 9.64 Å². The number of benzene rings is 1. The third-order valence-corrected chi connectivity index (χ3v) is 12.1. The molecular weight excluding hydrogens is 601 g/mol. The summed E-state index contributed by atoms with van der Waals surface area (Å²) in [6.45, 7) is 8.78. The summed E-state index contributed by atoms with van der Waals surface area (Å²) in [5.41, 5.74) is 3.23. The number of carbonyl (C=O) groups excluding carboxylic acids is 1. The predicted octanol–water partition coefficient (Wildman–Crippen LogP) is 10.1. The van der Waals surface area contributed by atoms with E-state index < -0.39 is 0 Å². The van der Waals surface area contributed by atoms with Gasteiger partial charge in [-0.25, -0.2) is 4.99 Å². The standard InChI is InChI=1S/C40H67N4O2S/c1-5-7-9-11-13-15-17-19-23-34(24-20-18-16-14-12-10-8-6-2)40(45)46-33-44(3)29-27-43(28-30-44)39-35-31-47(4)32-38(35)41-36-25-21-22-26-37(36)42-39/h21-22,25-26,31,34-35H,5-20,23-24,27-30,32-33H2,1-4H3/q+1. The van der Waals surface area contributed by atoms with Gasteiger partial charge in [0.05, 0.1) is 56.4 Å². The van der Waals surface area contributed by atoms with Crippen LogP contribution >= 0.6 is 10.5 Å². The zero-order valence-electron chi connectivity index (χ0n) is 30.5. The van der Waals surface area contributed by atoms with Crippen LogP contribution in [0, 0.1) is 11.8 Å². The Balaban J connectivity index is 1.26. The van der Waals surface area contributed by atoms with Crippen molar-refractivity contribution in [2.75, 3.05) is 52.0 Å². The summed E-state index contributed by atoms with van der Waals surface area (Å²) < 4.78 is 6.96. The molecule has 2 unspecified atom stereocenters. The van der Waals surface area contributed by atoms with Crippen molar-refractivity contribution in [3.63, 3.8) is 0 Å². The fourth-order valence-electron chi connectivity index (χ4n) is 7.33. The van der Waals surface area contributed by atoms with Gasteiger partial charge in [0.2, 0.25) is 6.73 Å². The second kappa shape index (κ2) is 20.5. The summed E-state index contributed by atoms with van der Waals surface area (Å²) in [7, 11) is 2.49. The van der Waals surface area contributed by atoms with Crippen LogP contribution in [0.25, 0.3) is 0 Å². The van der Waals surface area contributed by atoms with Gasteiger partial charge in [0.15, 0.2) is 0 Å². The Morgan fingerprint density at radius 2 is 1.34 bits per heavy atom. The number of hydrogen-bond acceptors (Lipinski definition) is 5. The molecule has 2 atom stereocenters. The number of nitrogens with zero attached hydrogens (tertiary/aromatic N) is 4. The van der Waals surface area contributed by atoms with E-state index in [0.29, 0.717) is 6.73 Å². The highest BCUT2D eigenvalue weighted by atomic mass is 32.2. The lowest BCUT2D eigenvalue weighted by atomic mass is 9.94. The Morgan fingerprint density at radius 3 is 1.89 bits per heavy atom. The SMILES string of the molecule is CCCCCCCCCCC(CCCCCCCCCC)C(=O)OC[N+]1(C)CCN(C2=Nc3ccccc3N=C3CS(C)=CC32)CC1. The maximum Gasteiger partial charge on any atom is 0.313 e. The summed E-state index contributed by atoms with van der Waals surface area (Å²) >= 11 is 0. The highest BCUT2D eigenvalue weighted by Gasteiger charge is 2.37. The molecule has 0 saturated carbocycles. The molecule has 0 bridgehead atoms. The molecule has 3 aliphatic heterocycles. The molecule has 1 saturated heterocycles. The van der Waals surface area contributed by atoms with Crippen molar-refractivity contribution in [1.29, 1.82) is 0 Å². The van der Waals surface area contributed by atoms with Crippen molar-refractivity contribution >= 4 is 44.7 Å². The molecule has 1 fully saturated rings. The lowest BCUT2D eigenvalue weighted by Gasteiger charge is -2.42. The van der Waals surface area contributed by atoms with Crippen molar-refractivity contribution < 1.29 is 14.0 Å². The largest absolute Gasteiger partial charge is 0.415 e. The molecule has 6 nitrogen and oxygen atoms in total. The van der Waals surface area contributed by atoms with Gasteiger partial charge in [-0.05, 0) is 36.6 Å². The topological polar surface area (TPSA) is 54.3 Å². The molecule has 264 valence electrons. The number of unbranched alkanes of at least 4 members (excludes halogenated alkanes) is 14. The number of piperazine rings is 1. The van der Waals surface area contributed by atoms with Crippen LogP contribution in [0.5, 0.6) is 0 Å². The van der Waals surface area contributed by atoms with Gasteiger partial charge in [0.1, 0.15) is 5.84 Å². The number of fused-ring (bicyclic) bond motifs is 2. The molecule has 0 amide bonds. The molecule has 0 spiro atoms. The van der Waals surface area contributed by atoms with Crippen molar-refractivity contribution in [2.24, 2.45) is 21.8 Å². The molecular formula is C40H67N4O2S+. The average Bonchev–Trinajstić information content (AvgIpc) is 3.36. The monoisotopic (exact) mass is 667 g/mol. The number of amidine groups is 1. The quantitative estimate of drug-likeness (QED) is 0.0568. The van der Waals surface area contributed by atoms with Gasteiger partial charge in [0.25, 0.3) is 0 Å². The van der Waals surface area contributed by atoms with Gasteiger partial charge in [-0.3, -0.25) is 14.3 Å². The van der Waals surface area contributed by atoms with Gasteiger partial charge in [0, 0.05) is 11.5 Å². The zero-order valence-corrected chi connectivity index (χ0v) is 31.3. The van der Waals surface area contributed by atoms with E-state index in [1.807, 2.05) is 0 Å². The first-order valence-corrected chi connectivity index (χ1v) is 21.3. The Hall–Kier alpha value is -1.99. The van der Waals surface area contributed by atoms with E-state index in [1.54, 1.807) is 0 Å². The highest BCUT2D eigenvalue weighted by molar-refractivity contribution is 8.15. The molecule has 3 heterocycles. The smallest absolute Gasteiger partial charge is 0.313 e. The second-order valence-corrected chi connectivity index (χ2v) is 16.8. The predicted molar refractivity (Wildman–Crippen MR) is 205 cm³/mol. The number of carbonyl (C=O) groups is 1. The van der Waals surface area contributed by atoms with Crippen molar-refractivity contribution in [2.45, 2.75) is 129 Å². The number of para-hydroxylation sites is 2. The van der Waals surface area contributed by atoms with E-state index in [0.717, 1.165) is 79.3 Å². The lowest BCUT2D eigenvalue weighted by molar-refractivity contribution is -0.929. The minimum absolute atomic E-state index is 0.0545. The van der Waals surface area contributed by atoms with E-state index in [2.05, 4.69) is 61.7 Å². The van der Waals surface area contributed by atoms with Crippen LogP contribution in [0.3, 0.4) is 0 Å². The average molecular weight is 668 g/mol. The lowest BCUT2D eigenvalue weighted by Crippen LogP contribution is -2.60. The highest BCUT2D eigenvalue weighted by Crippen LogP contribution is 2.36. The van der Waals surface area contributed by atoms with E-state index in [9.17, 15) is 4.79 Å². The first-order chi connectivity index (χ1) is 22.9. The number of ether oxygens (including phenoxy) is 1. The van der Waals surface area contributed by atoms with E-state index >= 15 is 0 Å². The molecule has 0 aliphatic carbocycles. The Labute approximate surface area is 290 Å². The molecule has 1 aromatic carbocycles. The molecule has 0 radical (unpaired) electrons. The molecule has 3 aliphatic rings. The van der Waals surface area contributed by atoms with Crippen LogP contribution in [-0.4, -0.2) is 84.2 Å². The van der Waals surface area contributed by atoms with Crippen molar-refractivity contribution in [3.8, 4) is 0 Å². The Kier molecular flexibility index (Phi) is 16.5. The fourth-order valence-corrected chi connectivity index (χ4v) is 8.88. The number of rotatable bonds is 21. The molecule has 0 aromatic heterocycles. The summed E-state index contributed by atoms with van der Waals surface area (Å²) in [5.74, 6) is 2.51. The third kappa shape index (κ3) is 12.4. The fraction of sp³-hybridized carbons (Fsp3) is 0.750. The summed E-state index contributed by atoms with van der Waals surface area (Å²) in [6, 6.07) is 8.30. The number of quaternary nitrogens is 1. The first kappa shape index (κ1) is 37.8. The summed E-state index contributed by atoms with van der Waals surface area (Å²) in [6.07, 6.45) is 25.2. The second-order valence-electron chi connectivity index (χ2n) is 14.9. The van der Waals surface area contributed by atoms with E-state index in [1.165, 1.54) is 95.6 Å². The van der Waals surface area contributed by atoms with Gasteiger partial charge >= 0.3 is 5.97 Å². The van der Waals surface area contributed by atoms with Crippen LogP contribution < -0.4 is 0 Å². The van der Waals surface area contributed by atoms with Crippen molar-refractivity contribution in [1.82, 2.24) is 4.90 Å². The van der Waals surface area contributed by atoms with Gasteiger partial charge in [-0.15, -0.1) is 0 Å². The normalized spacial score (nSPS) is 20.2. The number of likely N-dealkylation sites (N-methyl/N-ethyl adjacent to an activating group) is 1. The van der Waals surface area contributed by atoms with Gasteiger partial charge in [-0.1, -0.05) is 129 Å².